The monoisotopic (exact) mass is 316 g/mol. The van der Waals surface area contributed by atoms with Gasteiger partial charge < -0.3 is 5.32 Å². The van der Waals surface area contributed by atoms with Gasteiger partial charge in [-0.05, 0) is 30.2 Å². The fourth-order valence-corrected chi connectivity index (χ4v) is 2.77. The van der Waals surface area contributed by atoms with Crippen LogP contribution in [-0.4, -0.2) is 38.0 Å². The SMILES string of the molecule is CC(C)CN(CCC(=O)Nc1ccc(F)cc1)S(C)(=O)=O. The molecule has 0 fully saturated rings. The van der Waals surface area contributed by atoms with Gasteiger partial charge in [0.25, 0.3) is 0 Å². The smallest absolute Gasteiger partial charge is 0.225 e. The molecule has 0 saturated heterocycles. The van der Waals surface area contributed by atoms with Crippen molar-refractivity contribution in [1.29, 1.82) is 0 Å². The van der Waals surface area contributed by atoms with E-state index in [1.54, 1.807) is 0 Å². The number of carbonyl (C=O) groups is 1. The topological polar surface area (TPSA) is 66.5 Å². The molecule has 0 aliphatic heterocycles. The lowest BCUT2D eigenvalue weighted by Gasteiger charge is -2.21. The standard InChI is InChI=1S/C14H21FN2O3S/c1-11(2)10-17(21(3,19)20)9-8-14(18)16-13-6-4-12(15)5-7-13/h4-7,11H,8-10H2,1-3H3,(H,16,18). The van der Waals surface area contributed by atoms with Crippen LogP contribution in [0.3, 0.4) is 0 Å². The maximum absolute atomic E-state index is 12.7. The summed E-state index contributed by atoms with van der Waals surface area (Å²) in [5.74, 6) is -0.507. The molecule has 0 aliphatic carbocycles. The van der Waals surface area contributed by atoms with Gasteiger partial charge in [-0.2, -0.15) is 0 Å². The Bertz CT molecular complexity index is 570. The molecule has 1 N–H and O–H groups in total. The van der Waals surface area contributed by atoms with E-state index in [0.717, 1.165) is 6.26 Å². The lowest BCUT2D eigenvalue weighted by molar-refractivity contribution is -0.116. The molecule has 0 heterocycles. The first kappa shape index (κ1) is 17.6. The Morgan fingerprint density at radius 2 is 1.86 bits per heavy atom. The Kier molecular flexibility index (Phi) is 6.29. The van der Waals surface area contributed by atoms with Gasteiger partial charge in [-0.15, -0.1) is 0 Å². The summed E-state index contributed by atoms with van der Waals surface area (Å²) in [6.07, 6.45) is 1.18. The molecule has 1 aromatic carbocycles. The summed E-state index contributed by atoms with van der Waals surface area (Å²) >= 11 is 0. The predicted molar refractivity (Wildman–Crippen MR) is 80.9 cm³/mol. The molecule has 1 amide bonds. The molecular formula is C14H21FN2O3S. The number of hydrogen-bond donors (Lipinski definition) is 1. The molecule has 1 rings (SSSR count). The van der Waals surface area contributed by atoms with Crippen LogP contribution in [-0.2, 0) is 14.8 Å². The molecule has 0 atom stereocenters. The number of nitrogens with one attached hydrogen (secondary N) is 1. The highest BCUT2D eigenvalue weighted by molar-refractivity contribution is 7.88. The van der Waals surface area contributed by atoms with Crippen LogP contribution in [0.2, 0.25) is 0 Å². The Labute approximate surface area is 125 Å². The summed E-state index contributed by atoms with van der Waals surface area (Å²) in [5.41, 5.74) is 0.483. The van der Waals surface area contributed by atoms with Gasteiger partial charge in [0.05, 0.1) is 6.26 Å². The van der Waals surface area contributed by atoms with Gasteiger partial charge in [-0.1, -0.05) is 13.8 Å². The summed E-state index contributed by atoms with van der Waals surface area (Å²) in [6, 6.07) is 5.40. The molecule has 0 spiro atoms. The zero-order valence-electron chi connectivity index (χ0n) is 12.5. The molecule has 0 saturated carbocycles. The van der Waals surface area contributed by atoms with E-state index in [9.17, 15) is 17.6 Å². The van der Waals surface area contributed by atoms with Crippen LogP contribution in [0.5, 0.6) is 0 Å². The number of sulfonamides is 1. The molecular weight excluding hydrogens is 295 g/mol. The predicted octanol–water partition coefficient (Wildman–Crippen LogP) is 2.07. The lowest BCUT2D eigenvalue weighted by Crippen LogP contribution is -2.35. The van der Waals surface area contributed by atoms with Crippen molar-refractivity contribution < 1.29 is 17.6 Å². The molecule has 21 heavy (non-hydrogen) atoms. The van der Waals surface area contributed by atoms with Crippen molar-refractivity contribution in [2.45, 2.75) is 20.3 Å². The highest BCUT2D eigenvalue weighted by Crippen LogP contribution is 2.10. The molecule has 7 heteroatoms. The van der Waals surface area contributed by atoms with Crippen molar-refractivity contribution >= 4 is 21.6 Å². The second kappa shape index (κ2) is 7.51. The highest BCUT2D eigenvalue weighted by Gasteiger charge is 2.18. The van der Waals surface area contributed by atoms with Gasteiger partial charge in [-0.25, -0.2) is 17.1 Å². The number of rotatable bonds is 7. The van der Waals surface area contributed by atoms with Crippen molar-refractivity contribution in [2.24, 2.45) is 5.92 Å². The van der Waals surface area contributed by atoms with E-state index in [4.69, 9.17) is 0 Å². The van der Waals surface area contributed by atoms with Crippen LogP contribution in [0.15, 0.2) is 24.3 Å². The van der Waals surface area contributed by atoms with Crippen molar-refractivity contribution in [3.63, 3.8) is 0 Å². The van der Waals surface area contributed by atoms with Crippen LogP contribution < -0.4 is 5.32 Å². The van der Waals surface area contributed by atoms with Gasteiger partial charge in [-0.3, -0.25) is 4.79 Å². The molecule has 5 nitrogen and oxygen atoms in total. The quantitative estimate of drug-likeness (QED) is 0.837. The van der Waals surface area contributed by atoms with Gasteiger partial charge in [0.2, 0.25) is 15.9 Å². The normalized spacial score (nSPS) is 11.9. The van der Waals surface area contributed by atoms with Crippen LogP contribution in [0.4, 0.5) is 10.1 Å². The molecule has 118 valence electrons. The maximum Gasteiger partial charge on any atom is 0.225 e. The van der Waals surface area contributed by atoms with Crippen LogP contribution in [0.25, 0.3) is 0 Å². The third-order valence-electron chi connectivity index (χ3n) is 2.75. The largest absolute Gasteiger partial charge is 0.326 e. The van der Waals surface area contributed by atoms with Crippen molar-refractivity contribution in [3.8, 4) is 0 Å². The molecule has 1 aromatic rings. The lowest BCUT2D eigenvalue weighted by atomic mass is 10.2. The Morgan fingerprint density at radius 1 is 1.29 bits per heavy atom. The minimum absolute atomic E-state index is 0.0527. The van der Waals surface area contributed by atoms with Crippen molar-refractivity contribution in [2.75, 3.05) is 24.7 Å². The van der Waals surface area contributed by atoms with Gasteiger partial charge >= 0.3 is 0 Å². The van der Waals surface area contributed by atoms with Gasteiger partial charge in [0, 0.05) is 25.2 Å². The minimum atomic E-state index is -3.33. The number of hydrogen-bond acceptors (Lipinski definition) is 3. The summed E-state index contributed by atoms with van der Waals surface area (Å²) in [7, 11) is -3.33. The molecule has 0 radical (unpaired) electrons. The number of anilines is 1. The Balaban J connectivity index is 2.55. The van der Waals surface area contributed by atoms with E-state index in [2.05, 4.69) is 5.32 Å². The Hall–Kier alpha value is -1.47. The molecule has 0 unspecified atom stereocenters. The van der Waals surface area contributed by atoms with Gasteiger partial charge in [0.1, 0.15) is 5.82 Å². The number of nitrogens with zero attached hydrogens (tertiary/aromatic N) is 1. The number of carbonyl (C=O) groups excluding carboxylic acids is 1. The zero-order valence-corrected chi connectivity index (χ0v) is 13.3. The van der Waals surface area contributed by atoms with Crippen LogP contribution >= 0.6 is 0 Å². The van der Waals surface area contributed by atoms with E-state index in [-0.39, 0.29) is 30.6 Å². The molecule has 0 bridgehead atoms. The van der Waals surface area contributed by atoms with E-state index < -0.39 is 10.0 Å². The fourth-order valence-electron chi connectivity index (χ4n) is 1.78. The fraction of sp³-hybridized carbons (Fsp3) is 0.500. The van der Waals surface area contributed by atoms with E-state index >= 15 is 0 Å². The van der Waals surface area contributed by atoms with Crippen LogP contribution in [0, 0.1) is 11.7 Å². The second-order valence-corrected chi connectivity index (χ2v) is 7.30. The maximum atomic E-state index is 12.7. The van der Waals surface area contributed by atoms with Crippen molar-refractivity contribution in [1.82, 2.24) is 4.31 Å². The average Bonchev–Trinajstić information content (AvgIpc) is 2.35. The van der Waals surface area contributed by atoms with E-state index in [1.807, 2.05) is 13.8 Å². The molecule has 0 aromatic heterocycles. The Morgan fingerprint density at radius 3 is 2.33 bits per heavy atom. The number of benzene rings is 1. The molecule has 0 aliphatic rings. The van der Waals surface area contributed by atoms with Crippen LogP contribution in [0.1, 0.15) is 20.3 Å². The second-order valence-electron chi connectivity index (χ2n) is 5.32. The first-order chi connectivity index (χ1) is 9.68. The minimum Gasteiger partial charge on any atom is -0.326 e. The van der Waals surface area contributed by atoms with E-state index in [1.165, 1.54) is 28.6 Å². The summed E-state index contributed by atoms with van der Waals surface area (Å²) in [6.45, 7) is 4.33. The third-order valence-corrected chi connectivity index (χ3v) is 4.02. The third kappa shape index (κ3) is 6.68. The number of amides is 1. The zero-order chi connectivity index (χ0) is 16.0. The summed E-state index contributed by atoms with van der Waals surface area (Å²) in [5, 5.41) is 2.60. The number of halogens is 1. The van der Waals surface area contributed by atoms with Crippen molar-refractivity contribution in [3.05, 3.63) is 30.1 Å². The first-order valence-electron chi connectivity index (χ1n) is 6.69. The first-order valence-corrected chi connectivity index (χ1v) is 8.54. The van der Waals surface area contributed by atoms with Gasteiger partial charge in [0.15, 0.2) is 0 Å². The average molecular weight is 316 g/mol. The van der Waals surface area contributed by atoms with E-state index in [0.29, 0.717) is 12.2 Å². The summed E-state index contributed by atoms with van der Waals surface area (Å²) in [4.78, 5) is 11.8. The summed E-state index contributed by atoms with van der Waals surface area (Å²) < 4.78 is 37.3. The highest BCUT2D eigenvalue weighted by atomic mass is 32.2.